The summed E-state index contributed by atoms with van der Waals surface area (Å²) in [5.41, 5.74) is 1.09. The van der Waals surface area contributed by atoms with Crippen LogP contribution >= 0.6 is 11.6 Å². The van der Waals surface area contributed by atoms with E-state index in [1.807, 2.05) is 13.8 Å². The Morgan fingerprint density at radius 2 is 2.14 bits per heavy atom. The summed E-state index contributed by atoms with van der Waals surface area (Å²) in [6.45, 7) is 5.34. The topological polar surface area (TPSA) is 74.5 Å². The number of hydrogen-bond acceptors (Lipinski definition) is 5. The molecule has 0 bridgehead atoms. The molecule has 0 amide bonds. The molecule has 1 aromatic rings. The summed E-state index contributed by atoms with van der Waals surface area (Å²) in [4.78, 5) is 0. The van der Waals surface area contributed by atoms with Crippen molar-refractivity contribution in [1.29, 1.82) is 5.26 Å². The van der Waals surface area contributed by atoms with Crippen LogP contribution in [0.2, 0.25) is 5.02 Å². The zero-order valence-electron chi connectivity index (χ0n) is 12.3. The van der Waals surface area contributed by atoms with Crippen LogP contribution in [0.4, 0.5) is 5.69 Å². The van der Waals surface area contributed by atoms with Crippen LogP contribution in [0.5, 0.6) is 0 Å². The summed E-state index contributed by atoms with van der Waals surface area (Å²) < 4.78 is 10.6. The molecule has 6 heteroatoms. The summed E-state index contributed by atoms with van der Waals surface area (Å²) in [6.07, 6.45) is -0.498. The van der Waals surface area contributed by atoms with Crippen LogP contribution in [0, 0.1) is 11.3 Å². The predicted molar refractivity (Wildman–Crippen MR) is 82.6 cm³/mol. The monoisotopic (exact) mass is 312 g/mol. The highest BCUT2D eigenvalue weighted by Gasteiger charge is 2.07. The second-order valence-corrected chi connectivity index (χ2v) is 5.27. The SMILES string of the molecule is CC(C)OCCOCC(O)CNc1cc(Cl)ccc1C#N. The van der Waals surface area contributed by atoms with E-state index in [0.29, 0.717) is 29.5 Å². The lowest BCUT2D eigenvalue weighted by atomic mass is 10.2. The van der Waals surface area contributed by atoms with Crippen LogP contribution in [0.25, 0.3) is 0 Å². The van der Waals surface area contributed by atoms with Gasteiger partial charge in [-0.3, -0.25) is 0 Å². The van der Waals surface area contributed by atoms with Gasteiger partial charge in [0.1, 0.15) is 6.07 Å². The molecule has 21 heavy (non-hydrogen) atoms. The lowest BCUT2D eigenvalue weighted by molar-refractivity contribution is -0.00734. The van der Waals surface area contributed by atoms with Crippen LogP contribution in [0.1, 0.15) is 19.4 Å². The molecular formula is C15H21ClN2O3. The first-order valence-corrected chi connectivity index (χ1v) is 7.21. The second-order valence-electron chi connectivity index (χ2n) is 4.83. The molecule has 2 N–H and O–H groups in total. The third kappa shape index (κ3) is 7.30. The fraction of sp³-hybridized carbons (Fsp3) is 0.533. The van der Waals surface area contributed by atoms with Crippen molar-refractivity contribution in [3.05, 3.63) is 28.8 Å². The Labute approximate surface area is 130 Å². The Hall–Kier alpha value is -1.32. The molecule has 0 aromatic heterocycles. The van der Waals surface area contributed by atoms with Gasteiger partial charge in [0, 0.05) is 11.6 Å². The van der Waals surface area contributed by atoms with Crippen LogP contribution in [-0.4, -0.2) is 43.7 Å². The number of aliphatic hydroxyl groups excluding tert-OH is 1. The maximum absolute atomic E-state index is 9.81. The van der Waals surface area contributed by atoms with Crippen molar-refractivity contribution in [2.75, 3.05) is 31.7 Å². The molecule has 1 atom stereocenters. The van der Waals surface area contributed by atoms with Gasteiger partial charge in [-0.2, -0.15) is 5.26 Å². The lowest BCUT2D eigenvalue weighted by Gasteiger charge is -2.14. The van der Waals surface area contributed by atoms with E-state index in [1.54, 1.807) is 18.2 Å². The van der Waals surface area contributed by atoms with Gasteiger partial charge in [-0.1, -0.05) is 11.6 Å². The standard InChI is InChI=1S/C15H21ClN2O3/c1-11(2)21-6-5-20-10-14(19)9-18-15-7-13(16)4-3-12(15)8-17/h3-4,7,11,14,18-19H,5-6,9-10H2,1-2H3. The zero-order chi connectivity index (χ0) is 15.7. The Bertz CT molecular complexity index is 474. The predicted octanol–water partition coefficient (Wildman–Crippen LogP) is 2.43. The molecule has 0 saturated heterocycles. The summed E-state index contributed by atoms with van der Waals surface area (Å²) in [5.74, 6) is 0. The fourth-order valence-corrected chi connectivity index (χ4v) is 1.78. The van der Waals surface area contributed by atoms with Crippen LogP contribution in [0.15, 0.2) is 18.2 Å². The zero-order valence-corrected chi connectivity index (χ0v) is 13.1. The molecule has 1 aromatic carbocycles. The molecular weight excluding hydrogens is 292 g/mol. The summed E-state index contributed by atoms with van der Waals surface area (Å²) >= 11 is 5.88. The molecule has 0 fully saturated rings. The second kappa shape index (κ2) is 9.59. The Balaban J connectivity index is 2.28. The maximum Gasteiger partial charge on any atom is 0.101 e. The Morgan fingerprint density at radius 1 is 1.38 bits per heavy atom. The number of halogens is 1. The number of rotatable bonds is 9. The number of benzene rings is 1. The fourth-order valence-electron chi connectivity index (χ4n) is 1.61. The first kappa shape index (κ1) is 17.7. The van der Waals surface area contributed by atoms with Gasteiger partial charge >= 0.3 is 0 Å². The number of anilines is 1. The number of aliphatic hydroxyl groups is 1. The molecule has 0 saturated carbocycles. The van der Waals surface area contributed by atoms with E-state index in [2.05, 4.69) is 11.4 Å². The van der Waals surface area contributed by atoms with Crippen molar-refractivity contribution >= 4 is 17.3 Å². The average molecular weight is 313 g/mol. The van der Waals surface area contributed by atoms with E-state index in [0.717, 1.165) is 0 Å². The number of ether oxygens (including phenoxy) is 2. The number of hydrogen-bond donors (Lipinski definition) is 2. The van der Waals surface area contributed by atoms with Crippen LogP contribution in [0.3, 0.4) is 0 Å². The Kier molecular flexibility index (Phi) is 8.09. The molecule has 0 aliphatic carbocycles. The quantitative estimate of drug-likeness (QED) is 0.685. The summed E-state index contributed by atoms with van der Waals surface area (Å²) in [7, 11) is 0. The molecule has 5 nitrogen and oxygen atoms in total. The molecule has 0 aliphatic heterocycles. The number of nitrogens with zero attached hydrogens (tertiary/aromatic N) is 1. The first-order chi connectivity index (χ1) is 10.0. The van der Waals surface area contributed by atoms with Crippen LogP contribution in [-0.2, 0) is 9.47 Å². The van der Waals surface area contributed by atoms with E-state index in [1.165, 1.54) is 0 Å². The van der Waals surface area contributed by atoms with Crippen molar-refractivity contribution in [3.63, 3.8) is 0 Å². The minimum Gasteiger partial charge on any atom is -0.389 e. The normalized spacial score (nSPS) is 12.2. The minimum atomic E-state index is -0.672. The van der Waals surface area contributed by atoms with Gasteiger partial charge in [0.05, 0.1) is 43.3 Å². The van der Waals surface area contributed by atoms with Gasteiger partial charge in [0.15, 0.2) is 0 Å². The lowest BCUT2D eigenvalue weighted by Crippen LogP contribution is -2.26. The van der Waals surface area contributed by atoms with Gasteiger partial charge in [-0.15, -0.1) is 0 Å². The summed E-state index contributed by atoms with van der Waals surface area (Å²) in [5, 5.41) is 22.3. The first-order valence-electron chi connectivity index (χ1n) is 6.84. The smallest absolute Gasteiger partial charge is 0.101 e. The van der Waals surface area contributed by atoms with Gasteiger partial charge in [0.2, 0.25) is 0 Å². The van der Waals surface area contributed by atoms with Gasteiger partial charge in [-0.05, 0) is 32.0 Å². The Morgan fingerprint density at radius 3 is 2.81 bits per heavy atom. The molecule has 0 radical (unpaired) electrons. The van der Waals surface area contributed by atoms with E-state index >= 15 is 0 Å². The molecule has 0 aliphatic rings. The molecule has 116 valence electrons. The third-order valence-corrected chi connectivity index (χ3v) is 2.85. The largest absolute Gasteiger partial charge is 0.389 e. The third-order valence-electron chi connectivity index (χ3n) is 2.62. The van der Waals surface area contributed by atoms with E-state index in [9.17, 15) is 5.11 Å². The molecule has 0 spiro atoms. The van der Waals surface area contributed by atoms with Gasteiger partial charge in [0.25, 0.3) is 0 Å². The van der Waals surface area contributed by atoms with E-state index in [4.69, 9.17) is 26.3 Å². The molecule has 1 rings (SSSR count). The summed E-state index contributed by atoms with van der Waals surface area (Å²) in [6, 6.07) is 7.01. The van der Waals surface area contributed by atoms with E-state index in [-0.39, 0.29) is 19.3 Å². The van der Waals surface area contributed by atoms with Crippen molar-refractivity contribution in [1.82, 2.24) is 0 Å². The highest BCUT2D eigenvalue weighted by atomic mass is 35.5. The highest BCUT2D eigenvalue weighted by molar-refractivity contribution is 6.30. The number of nitrogens with one attached hydrogen (secondary N) is 1. The van der Waals surface area contributed by atoms with Crippen LogP contribution < -0.4 is 5.32 Å². The van der Waals surface area contributed by atoms with Crippen molar-refractivity contribution in [2.24, 2.45) is 0 Å². The van der Waals surface area contributed by atoms with Crippen molar-refractivity contribution in [2.45, 2.75) is 26.1 Å². The van der Waals surface area contributed by atoms with E-state index < -0.39 is 6.10 Å². The molecule has 0 heterocycles. The average Bonchev–Trinajstić information content (AvgIpc) is 2.44. The van der Waals surface area contributed by atoms with Gasteiger partial charge < -0.3 is 19.9 Å². The highest BCUT2D eigenvalue weighted by Crippen LogP contribution is 2.20. The maximum atomic E-state index is 9.81. The minimum absolute atomic E-state index is 0.174. The number of nitriles is 1. The van der Waals surface area contributed by atoms with Crippen molar-refractivity contribution in [3.8, 4) is 6.07 Å². The van der Waals surface area contributed by atoms with Gasteiger partial charge in [-0.25, -0.2) is 0 Å². The van der Waals surface area contributed by atoms with Crippen molar-refractivity contribution < 1.29 is 14.6 Å². The molecule has 1 unspecified atom stereocenters.